The molecule has 3 rings (SSSR count). The van der Waals surface area contributed by atoms with Crippen LogP contribution in [0.2, 0.25) is 0 Å². The van der Waals surface area contributed by atoms with Gasteiger partial charge in [-0.25, -0.2) is 0 Å². The van der Waals surface area contributed by atoms with Gasteiger partial charge in [-0.05, 0) is 49.6 Å². The monoisotopic (exact) mass is 410 g/mol. The van der Waals surface area contributed by atoms with Crippen LogP contribution in [0.5, 0.6) is 11.5 Å². The van der Waals surface area contributed by atoms with E-state index >= 15 is 0 Å². The lowest BCUT2D eigenvalue weighted by atomic mass is 10.1. The summed E-state index contributed by atoms with van der Waals surface area (Å²) in [5.74, 6) is 1.25. The minimum atomic E-state index is -0.459. The smallest absolute Gasteiger partial charge is 0.263 e. The van der Waals surface area contributed by atoms with E-state index in [-0.39, 0.29) is 11.1 Å². The number of hydrogen-bond donors (Lipinski definition) is 1. The summed E-state index contributed by atoms with van der Waals surface area (Å²) in [5.41, 5.74) is 1.41. The van der Waals surface area contributed by atoms with Gasteiger partial charge in [-0.15, -0.1) is 0 Å². The molecule has 0 spiro atoms. The van der Waals surface area contributed by atoms with E-state index in [9.17, 15) is 9.59 Å². The van der Waals surface area contributed by atoms with E-state index in [1.807, 2.05) is 25.1 Å². The molecule has 0 aliphatic rings. The summed E-state index contributed by atoms with van der Waals surface area (Å²) < 4.78 is 13.8. The Morgan fingerprint density at radius 3 is 2.53 bits per heavy atom. The zero-order chi connectivity index (χ0) is 21.7. The highest BCUT2D eigenvalue weighted by molar-refractivity contribution is 6.04. The molecule has 2 aromatic heterocycles. The molecule has 0 atom stereocenters. The summed E-state index contributed by atoms with van der Waals surface area (Å²) in [5, 5.41) is 6.94. The fourth-order valence-corrected chi connectivity index (χ4v) is 3.19. The first-order valence-electron chi connectivity index (χ1n) is 9.72. The number of methoxy groups -OCH3 is 2. The summed E-state index contributed by atoms with van der Waals surface area (Å²) in [6.07, 6.45) is 4.08. The van der Waals surface area contributed by atoms with Gasteiger partial charge in [0.05, 0.1) is 14.2 Å². The van der Waals surface area contributed by atoms with Gasteiger partial charge in [0.2, 0.25) is 0 Å². The molecule has 0 aliphatic carbocycles. The lowest BCUT2D eigenvalue weighted by molar-refractivity contribution is 0.102. The highest BCUT2D eigenvalue weighted by Gasteiger charge is 2.17. The number of ether oxygens (including phenoxy) is 2. The van der Waals surface area contributed by atoms with Gasteiger partial charge in [-0.1, -0.05) is 6.07 Å². The Labute approximate surface area is 175 Å². The van der Waals surface area contributed by atoms with Crippen molar-refractivity contribution in [3.63, 3.8) is 0 Å². The molecule has 158 valence electrons. The van der Waals surface area contributed by atoms with E-state index in [4.69, 9.17) is 9.47 Å². The molecule has 0 saturated heterocycles. The molecule has 0 unspecified atom stereocenters. The quantitative estimate of drug-likeness (QED) is 0.617. The molecule has 3 aromatic rings. The molecule has 0 radical (unpaired) electrons. The molecule has 0 fully saturated rings. The van der Waals surface area contributed by atoms with Gasteiger partial charge in [0.25, 0.3) is 11.5 Å². The van der Waals surface area contributed by atoms with Crippen LogP contribution in [0.4, 0.5) is 5.82 Å². The van der Waals surface area contributed by atoms with Crippen molar-refractivity contribution in [1.82, 2.24) is 14.3 Å². The summed E-state index contributed by atoms with van der Waals surface area (Å²) in [6.45, 7) is 4.83. The fourth-order valence-electron chi connectivity index (χ4n) is 3.19. The van der Waals surface area contributed by atoms with Crippen molar-refractivity contribution in [3.8, 4) is 11.5 Å². The first-order valence-corrected chi connectivity index (χ1v) is 9.72. The minimum absolute atomic E-state index is 0.121. The maximum atomic E-state index is 13.0. The molecule has 0 aliphatic heterocycles. The summed E-state index contributed by atoms with van der Waals surface area (Å²) >= 11 is 0. The van der Waals surface area contributed by atoms with E-state index in [2.05, 4.69) is 10.4 Å². The molecular formula is C22H26N4O4. The topological polar surface area (TPSA) is 87.4 Å². The fraction of sp³-hybridized carbons (Fsp3) is 0.318. The van der Waals surface area contributed by atoms with Crippen molar-refractivity contribution >= 4 is 11.7 Å². The number of nitrogens with zero attached hydrogens (tertiary/aromatic N) is 3. The van der Waals surface area contributed by atoms with Crippen LogP contribution in [0.15, 0.2) is 47.5 Å². The third-order valence-electron chi connectivity index (χ3n) is 4.90. The Hall–Kier alpha value is -3.55. The summed E-state index contributed by atoms with van der Waals surface area (Å²) in [6, 6.07) is 9.12. The zero-order valence-corrected chi connectivity index (χ0v) is 17.6. The number of aryl methyl sites for hydroxylation is 4. The normalized spacial score (nSPS) is 10.7. The third-order valence-corrected chi connectivity index (χ3v) is 4.90. The molecule has 8 heteroatoms. The molecule has 1 aromatic carbocycles. The number of aromatic nitrogens is 3. The first-order chi connectivity index (χ1) is 14.5. The van der Waals surface area contributed by atoms with Crippen LogP contribution in [-0.4, -0.2) is 34.5 Å². The van der Waals surface area contributed by atoms with E-state index < -0.39 is 5.91 Å². The van der Waals surface area contributed by atoms with E-state index in [1.54, 1.807) is 54.9 Å². The minimum Gasteiger partial charge on any atom is -0.493 e. The van der Waals surface area contributed by atoms with Crippen LogP contribution in [-0.2, 0) is 19.5 Å². The molecule has 8 nitrogen and oxygen atoms in total. The highest BCUT2D eigenvalue weighted by atomic mass is 16.5. The standard InChI is InChI=1S/C22H26N4O4/c1-5-26-13-10-19(24-26)23-21(27)20-15(2)8-11-25(22(20)28)12-9-16-6-7-17(29-3)18(14-16)30-4/h6-8,10-11,13-14H,5,9,12H2,1-4H3,(H,23,24,27). The average molecular weight is 410 g/mol. The predicted octanol–water partition coefficient (Wildman–Crippen LogP) is 2.89. The van der Waals surface area contributed by atoms with Gasteiger partial charge in [0.1, 0.15) is 5.56 Å². The SMILES string of the molecule is CCn1ccc(NC(=O)c2c(C)ccn(CCc3ccc(OC)c(OC)c3)c2=O)n1. The molecule has 1 amide bonds. The lowest BCUT2D eigenvalue weighted by Crippen LogP contribution is -2.30. The summed E-state index contributed by atoms with van der Waals surface area (Å²) in [7, 11) is 3.17. The van der Waals surface area contributed by atoms with Crippen LogP contribution < -0.4 is 20.3 Å². The Morgan fingerprint density at radius 1 is 1.10 bits per heavy atom. The van der Waals surface area contributed by atoms with Crippen molar-refractivity contribution < 1.29 is 14.3 Å². The first kappa shape index (κ1) is 21.2. The van der Waals surface area contributed by atoms with E-state index in [0.29, 0.717) is 42.4 Å². The highest BCUT2D eigenvalue weighted by Crippen LogP contribution is 2.27. The number of pyridine rings is 1. The molecule has 0 bridgehead atoms. The zero-order valence-electron chi connectivity index (χ0n) is 17.6. The van der Waals surface area contributed by atoms with Crippen LogP contribution in [0.1, 0.15) is 28.4 Å². The molecule has 2 heterocycles. The second kappa shape index (κ2) is 9.30. The maximum absolute atomic E-state index is 13.0. The Kier molecular flexibility index (Phi) is 6.56. The largest absolute Gasteiger partial charge is 0.493 e. The van der Waals surface area contributed by atoms with Crippen LogP contribution in [0.25, 0.3) is 0 Å². The number of benzene rings is 1. The predicted molar refractivity (Wildman–Crippen MR) is 115 cm³/mol. The van der Waals surface area contributed by atoms with Crippen molar-refractivity contribution in [2.24, 2.45) is 0 Å². The molecule has 30 heavy (non-hydrogen) atoms. The Balaban J connectivity index is 1.79. The van der Waals surface area contributed by atoms with Crippen molar-refractivity contribution in [2.75, 3.05) is 19.5 Å². The lowest BCUT2D eigenvalue weighted by Gasteiger charge is -2.12. The Morgan fingerprint density at radius 2 is 1.87 bits per heavy atom. The number of hydrogen-bond acceptors (Lipinski definition) is 5. The van der Waals surface area contributed by atoms with Crippen molar-refractivity contribution in [2.45, 2.75) is 33.4 Å². The number of amides is 1. The maximum Gasteiger partial charge on any atom is 0.263 e. The Bertz CT molecular complexity index is 1100. The van der Waals surface area contributed by atoms with Gasteiger partial charge in [-0.2, -0.15) is 5.10 Å². The van der Waals surface area contributed by atoms with E-state index in [0.717, 1.165) is 5.56 Å². The van der Waals surface area contributed by atoms with Crippen LogP contribution >= 0.6 is 0 Å². The van der Waals surface area contributed by atoms with Gasteiger partial charge in [0.15, 0.2) is 17.3 Å². The van der Waals surface area contributed by atoms with Crippen LogP contribution in [0, 0.1) is 6.92 Å². The van der Waals surface area contributed by atoms with E-state index in [1.165, 1.54) is 0 Å². The molecular weight excluding hydrogens is 384 g/mol. The third kappa shape index (κ3) is 4.53. The van der Waals surface area contributed by atoms with Gasteiger partial charge in [-0.3, -0.25) is 14.3 Å². The number of nitrogens with one attached hydrogen (secondary N) is 1. The number of carbonyl (C=O) groups is 1. The summed E-state index contributed by atoms with van der Waals surface area (Å²) in [4.78, 5) is 25.7. The van der Waals surface area contributed by atoms with Crippen molar-refractivity contribution in [3.05, 3.63) is 69.8 Å². The van der Waals surface area contributed by atoms with Gasteiger partial charge in [0, 0.05) is 31.5 Å². The molecule has 1 N–H and O–H groups in total. The number of rotatable bonds is 8. The van der Waals surface area contributed by atoms with Gasteiger partial charge < -0.3 is 19.4 Å². The number of carbonyl (C=O) groups excluding carboxylic acids is 1. The average Bonchev–Trinajstić information content (AvgIpc) is 3.20. The second-order valence-electron chi connectivity index (χ2n) is 6.82. The van der Waals surface area contributed by atoms with Gasteiger partial charge >= 0.3 is 0 Å². The number of anilines is 1. The molecule has 0 saturated carbocycles. The second-order valence-corrected chi connectivity index (χ2v) is 6.82. The van der Waals surface area contributed by atoms with Crippen LogP contribution in [0.3, 0.4) is 0 Å². The van der Waals surface area contributed by atoms with Crippen molar-refractivity contribution in [1.29, 1.82) is 0 Å².